The Kier molecular flexibility index (Phi) is 6.27. The van der Waals surface area contributed by atoms with E-state index in [2.05, 4.69) is 10.0 Å². The Morgan fingerprint density at radius 1 is 0.867 bits per heavy atom. The van der Waals surface area contributed by atoms with Crippen molar-refractivity contribution in [1.82, 2.24) is 5.32 Å². The Morgan fingerprint density at radius 2 is 1.47 bits per heavy atom. The summed E-state index contributed by atoms with van der Waals surface area (Å²) in [5, 5.41) is 3.07. The second-order valence-corrected chi connectivity index (χ2v) is 9.58. The van der Waals surface area contributed by atoms with Gasteiger partial charge >= 0.3 is 0 Å². The number of carbonyl (C=O) groups is 1. The molecule has 0 aromatic heterocycles. The first-order valence-electron chi connectivity index (χ1n) is 9.72. The van der Waals surface area contributed by atoms with Crippen LogP contribution in [0.1, 0.15) is 35.3 Å². The molecule has 30 heavy (non-hydrogen) atoms. The third-order valence-corrected chi connectivity index (χ3v) is 6.20. The molecule has 0 aliphatic heterocycles. The summed E-state index contributed by atoms with van der Waals surface area (Å²) in [5.41, 5.74) is 2.05. The van der Waals surface area contributed by atoms with Crippen LogP contribution in [0.25, 0.3) is 0 Å². The minimum Gasteiger partial charge on any atom is -0.347 e. The largest absolute Gasteiger partial charge is 0.347 e. The van der Waals surface area contributed by atoms with E-state index in [4.69, 9.17) is 0 Å². The molecule has 3 aromatic rings. The Labute approximate surface area is 178 Å². The van der Waals surface area contributed by atoms with Crippen LogP contribution in [0.15, 0.2) is 83.8 Å². The van der Waals surface area contributed by atoms with Gasteiger partial charge in [-0.15, -0.1) is 0 Å². The van der Waals surface area contributed by atoms with Crippen molar-refractivity contribution >= 4 is 21.6 Å². The zero-order valence-electron chi connectivity index (χ0n) is 17.3. The van der Waals surface area contributed by atoms with Crippen LogP contribution in [-0.2, 0) is 16.4 Å². The van der Waals surface area contributed by atoms with Crippen molar-refractivity contribution in [2.45, 2.75) is 37.6 Å². The first kappa shape index (κ1) is 21.6. The van der Waals surface area contributed by atoms with E-state index in [0.29, 0.717) is 23.2 Å². The van der Waals surface area contributed by atoms with Crippen LogP contribution in [0.4, 0.5) is 5.69 Å². The summed E-state index contributed by atoms with van der Waals surface area (Å²) in [5.74, 6) is -0.241. The minimum atomic E-state index is -3.74. The van der Waals surface area contributed by atoms with Gasteiger partial charge in [0.15, 0.2) is 0 Å². The van der Waals surface area contributed by atoms with Gasteiger partial charge in [0.25, 0.3) is 15.9 Å². The summed E-state index contributed by atoms with van der Waals surface area (Å²) in [7, 11) is -3.74. The van der Waals surface area contributed by atoms with E-state index in [-0.39, 0.29) is 10.8 Å². The van der Waals surface area contributed by atoms with Crippen molar-refractivity contribution in [1.29, 1.82) is 0 Å². The van der Waals surface area contributed by atoms with Crippen LogP contribution in [0.2, 0.25) is 0 Å². The molecule has 0 fully saturated rings. The number of rotatable bonds is 7. The third-order valence-electron chi connectivity index (χ3n) is 4.82. The van der Waals surface area contributed by atoms with Crippen LogP contribution in [0, 0.1) is 6.92 Å². The molecule has 3 rings (SSSR count). The molecule has 0 aliphatic carbocycles. The SMILES string of the molecule is Cc1c(NS(=O)(=O)c2ccccc2)cccc1C(=O)NC(C)(C)Cc1ccccc1. The van der Waals surface area contributed by atoms with Gasteiger partial charge in [0.2, 0.25) is 0 Å². The molecule has 0 bridgehead atoms. The highest BCUT2D eigenvalue weighted by atomic mass is 32.2. The highest BCUT2D eigenvalue weighted by Crippen LogP contribution is 2.23. The molecule has 0 saturated carbocycles. The zero-order valence-corrected chi connectivity index (χ0v) is 18.2. The number of anilines is 1. The van der Waals surface area contributed by atoms with E-state index in [1.165, 1.54) is 12.1 Å². The molecular weight excluding hydrogens is 396 g/mol. The topological polar surface area (TPSA) is 75.3 Å². The molecule has 0 unspecified atom stereocenters. The molecule has 156 valence electrons. The Hall–Kier alpha value is -3.12. The van der Waals surface area contributed by atoms with E-state index >= 15 is 0 Å². The molecule has 0 radical (unpaired) electrons. The number of hydrogen-bond donors (Lipinski definition) is 2. The van der Waals surface area contributed by atoms with Gasteiger partial charge in [-0.3, -0.25) is 9.52 Å². The minimum absolute atomic E-state index is 0.170. The number of hydrogen-bond acceptors (Lipinski definition) is 3. The molecule has 0 aliphatic rings. The maximum absolute atomic E-state index is 13.0. The standard InChI is InChI=1S/C24H26N2O3S/c1-18-21(23(27)25-24(2,3)17-19-11-6-4-7-12-19)15-10-16-22(18)26-30(28,29)20-13-8-5-9-14-20/h4-16,26H,17H2,1-3H3,(H,25,27). The maximum Gasteiger partial charge on any atom is 0.261 e. The van der Waals surface area contributed by atoms with Crippen LogP contribution < -0.4 is 10.0 Å². The van der Waals surface area contributed by atoms with Crippen LogP contribution in [-0.4, -0.2) is 19.9 Å². The van der Waals surface area contributed by atoms with Gasteiger partial charge < -0.3 is 5.32 Å². The summed E-state index contributed by atoms with van der Waals surface area (Å²) in [6, 6.07) is 23.1. The van der Waals surface area contributed by atoms with Gasteiger partial charge in [-0.2, -0.15) is 0 Å². The summed E-state index contributed by atoms with van der Waals surface area (Å²) < 4.78 is 27.9. The fourth-order valence-corrected chi connectivity index (χ4v) is 4.46. The summed E-state index contributed by atoms with van der Waals surface area (Å²) in [4.78, 5) is 13.1. The predicted octanol–water partition coefficient (Wildman–Crippen LogP) is 4.55. The molecule has 6 heteroatoms. The van der Waals surface area contributed by atoms with Crippen molar-refractivity contribution in [2.75, 3.05) is 4.72 Å². The lowest BCUT2D eigenvalue weighted by Crippen LogP contribution is -2.45. The van der Waals surface area contributed by atoms with Gasteiger partial charge in [-0.05, 0) is 62.6 Å². The van der Waals surface area contributed by atoms with Crippen LogP contribution in [0.3, 0.4) is 0 Å². The van der Waals surface area contributed by atoms with Crippen molar-refractivity contribution < 1.29 is 13.2 Å². The van der Waals surface area contributed by atoms with Crippen molar-refractivity contribution in [3.05, 3.63) is 95.6 Å². The number of sulfonamides is 1. The quantitative estimate of drug-likeness (QED) is 0.587. The normalized spacial score (nSPS) is 11.7. The Morgan fingerprint density at radius 3 is 2.10 bits per heavy atom. The molecular formula is C24H26N2O3S. The molecule has 0 saturated heterocycles. The summed E-state index contributed by atoms with van der Waals surface area (Å²) in [6.07, 6.45) is 0.680. The highest BCUT2D eigenvalue weighted by molar-refractivity contribution is 7.92. The van der Waals surface area contributed by atoms with E-state index in [0.717, 1.165) is 5.56 Å². The zero-order chi connectivity index (χ0) is 21.8. The van der Waals surface area contributed by atoms with Crippen molar-refractivity contribution in [2.24, 2.45) is 0 Å². The van der Waals surface area contributed by atoms with Crippen LogP contribution in [0.5, 0.6) is 0 Å². The average Bonchev–Trinajstić information content (AvgIpc) is 2.70. The predicted molar refractivity (Wildman–Crippen MR) is 120 cm³/mol. The van der Waals surface area contributed by atoms with Gasteiger partial charge in [0, 0.05) is 11.1 Å². The summed E-state index contributed by atoms with van der Waals surface area (Å²) >= 11 is 0. The first-order chi connectivity index (χ1) is 14.2. The average molecular weight is 423 g/mol. The smallest absolute Gasteiger partial charge is 0.261 e. The lowest BCUT2D eigenvalue weighted by Gasteiger charge is -2.27. The molecule has 3 aromatic carbocycles. The maximum atomic E-state index is 13.0. The second kappa shape index (κ2) is 8.71. The van der Waals surface area contributed by atoms with E-state index in [1.807, 2.05) is 44.2 Å². The molecule has 0 heterocycles. The second-order valence-electron chi connectivity index (χ2n) is 7.90. The van der Waals surface area contributed by atoms with E-state index in [1.54, 1.807) is 43.3 Å². The third kappa shape index (κ3) is 5.27. The Bertz CT molecular complexity index is 1130. The number of benzene rings is 3. The lowest BCUT2D eigenvalue weighted by atomic mass is 9.94. The Balaban J connectivity index is 1.79. The van der Waals surface area contributed by atoms with Gasteiger partial charge in [-0.25, -0.2) is 8.42 Å². The highest BCUT2D eigenvalue weighted by Gasteiger charge is 2.24. The van der Waals surface area contributed by atoms with E-state index < -0.39 is 15.6 Å². The van der Waals surface area contributed by atoms with Crippen molar-refractivity contribution in [3.63, 3.8) is 0 Å². The number of carbonyl (C=O) groups excluding carboxylic acids is 1. The van der Waals surface area contributed by atoms with Gasteiger partial charge in [0.05, 0.1) is 10.6 Å². The lowest BCUT2D eigenvalue weighted by molar-refractivity contribution is 0.0912. The number of amides is 1. The molecule has 0 atom stereocenters. The number of nitrogens with one attached hydrogen (secondary N) is 2. The fraction of sp³-hybridized carbons (Fsp3) is 0.208. The molecule has 2 N–H and O–H groups in total. The van der Waals surface area contributed by atoms with Gasteiger partial charge in [0.1, 0.15) is 0 Å². The monoisotopic (exact) mass is 422 g/mol. The van der Waals surface area contributed by atoms with Crippen molar-refractivity contribution in [3.8, 4) is 0 Å². The van der Waals surface area contributed by atoms with Crippen LogP contribution >= 0.6 is 0 Å². The molecule has 1 amide bonds. The summed E-state index contributed by atoms with van der Waals surface area (Å²) in [6.45, 7) is 5.67. The van der Waals surface area contributed by atoms with Gasteiger partial charge in [-0.1, -0.05) is 54.6 Å². The molecule has 0 spiro atoms. The fourth-order valence-electron chi connectivity index (χ4n) is 3.32. The van der Waals surface area contributed by atoms with E-state index in [9.17, 15) is 13.2 Å². The molecule has 5 nitrogen and oxygen atoms in total. The first-order valence-corrected chi connectivity index (χ1v) is 11.2.